The zero-order valence-electron chi connectivity index (χ0n) is 13.0. The third-order valence-corrected chi connectivity index (χ3v) is 3.50. The Balaban J connectivity index is 2.02. The summed E-state index contributed by atoms with van der Waals surface area (Å²) in [5.41, 5.74) is 2.12. The summed E-state index contributed by atoms with van der Waals surface area (Å²) in [7, 11) is 0. The van der Waals surface area contributed by atoms with Gasteiger partial charge in [0.2, 0.25) is 11.6 Å². The molecular weight excluding hydrogens is 310 g/mol. The third-order valence-electron chi connectivity index (χ3n) is 3.50. The number of aromatic nitrogens is 3. The topological polar surface area (TPSA) is 102 Å². The van der Waals surface area contributed by atoms with E-state index < -0.39 is 4.92 Å². The number of nitrogens with one attached hydrogen (secondary N) is 1. The van der Waals surface area contributed by atoms with E-state index in [-0.39, 0.29) is 17.2 Å². The molecule has 1 aromatic carbocycles. The summed E-state index contributed by atoms with van der Waals surface area (Å²) in [5.74, 6) is -0.0516. The van der Waals surface area contributed by atoms with Crippen LogP contribution >= 0.6 is 0 Å². The smallest absolute Gasteiger partial charge is 0.326 e. The first-order valence-corrected chi connectivity index (χ1v) is 7.47. The molecule has 24 heavy (non-hydrogen) atoms. The molecule has 0 saturated carbocycles. The molecule has 0 aliphatic heterocycles. The van der Waals surface area contributed by atoms with E-state index in [0.717, 1.165) is 12.0 Å². The SMILES string of the molecule is CCCC(=O)Nc1cccc(-c2ccnc3c([N+](=O)[O-])cnn23)c1. The maximum Gasteiger partial charge on any atom is 0.333 e. The minimum absolute atomic E-state index is 0.0516. The fourth-order valence-electron chi connectivity index (χ4n) is 2.43. The highest BCUT2D eigenvalue weighted by Gasteiger charge is 2.18. The summed E-state index contributed by atoms with van der Waals surface area (Å²) >= 11 is 0. The number of hydrogen-bond donors (Lipinski definition) is 1. The molecule has 0 aliphatic rings. The first kappa shape index (κ1) is 15.6. The van der Waals surface area contributed by atoms with Crippen molar-refractivity contribution in [3.05, 3.63) is 52.8 Å². The highest BCUT2D eigenvalue weighted by atomic mass is 16.6. The lowest BCUT2D eigenvalue weighted by Crippen LogP contribution is -2.10. The monoisotopic (exact) mass is 325 g/mol. The number of nitro groups is 1. The average molecular weight is 325 g/mol. The molecule has 0 spiro atoms. The van der Waals surface area contributed by atoms with Crippen molar-refractivity contribution in [1.82, 2.24) is 14.6 Å². The van der Waals surface area contributed by atoms with E-state index >= 15 is 0 Å². The zero-order chi connectivity index (χ0) is 17.1. The van der Waals surface area contributed by atoms with E-state index in [1.807, 2.05) is 13.0 Å². The number of benzene rings is 1. The Bertz CT molecular complexity index is 919. The Morgan fingerprint density at radius 1 is 1.38 bits per heavy atom. The lowest BCUT2D eigenvalue weighted by Gasteiger charge is -2.08. The standard InChI is InChI=1S/C16H15N5O3/c1-2-4-15(22)19-12-6-3-5-11(9-12)13-7-8-17-16-14(21(23)24)10-18-20(13)16/h3,5-10H,2,4H2,1H3,(H,19,22). The molecule has 1 amide bonds. The molecule has 2 heterocycles. The van der Waals surface area contributed by atoms with Gasteiger partial charge in [0, 0.05) is 23.9 Å². The van der Waals surface area contributed by atoms with Gasteiger partial charge in [-0.25, -0.2) is 9.50 Å². The number of nitrogens with zero attached hydrogens (tertiary/aromatic N) is 4. The predicted molar refractivity (Wildman–Crippen MR) is 88.6 cm³/mol. The molecule has 0 saturated heterocycles. The van der Waals surface area contributed by atoms with Gasteiger partial charge in [-0.2, -0.15) is 5.10 Å². The molecule has 2 aromatic heterocycles. The van der Waals surface area contributed by atoms with Gasteiger partial charge in [-0.1, -0.05) is 19.1 Å². The molecule has 122 valence electrons. The van der Waals surface area contributed by atoms with Crippen LogP contribution in [0.4, 0.5) is 11.4 Å². The van der Waals surface area contributed by atoms with Gasteiger partial charge in [0.05, 0.1) is 10.6 Å². The molecule has 8 heteroatoms. The fourth-order valence-corrected chi connectivity index (χ4v) is 2.43. The molecule has 0 atom stereocenters. The van der Waals surface area contributed by atoms with E-state index in [4.69, 9.17) is 0 Å². The van der Waals surface area contributed by atoms with Crippen molar-refractivity contribution in [2.24, 2.45) is 0 Å². The van der Waals surface area contributed by atoms with Crippen LogP contribution in [0.25, 0.3) is 16.9 Å². The van der Waals surface area contributed by atoms with Crippen molar-refractivity contribution < 1.29 is 9.72 Å². The third kappa shape index (κ3) is 2.94. The zero-order valence-corrected chi connectivity index (χ0v) is 13.0. The highest BCUT2D eigenvalue weighted by molar-refractivity contribution is 5.91. The molecule has 0 aliphatic carbocycles. The minimum Gasteiger partial charge on any atom is -0.326 e. The molecule has 8 nitrogen and oxygen atoms in total. The molecule has 0 radical (unpaired) electrons. The number of amides is 1. The van der Waals surface area contributed by atoms with E-state index in [1.54, 1.807) is 24.3 Å². The Morgan fingerprint density at radius 2 is 2.21 bits per heavy atom. The van der Waals surface area contributed by atoms with Gasteiger partial charge in [-0.3, -0.25) is 14.9 Å². The lowest BCUT2D eigenvalue weighted by molar-refractivity contribution is -0.383. The van der Waals surface area contributed by atoms with Crippen LogP contribution in [-0.2, 0) is 4.79 Å². The fraction of sp³-hybridized carbons (Fsp3) is 0.188. The normalized spacial score (nSPS) is 10.7. The van der Waals surface area contributed by atoms with Crippen molar-refractivity contribution in [1.29, 1.82) is 0 Å². The van der Waals surface area contributed by atoms with Gasteiger partial charge < -0.3 is 5.32 Å². The second kappa shape index (κ2) is 6.45. The summed E-state index contributed by atoms with van der Waals surface area (Å²) in [6.45, 7) is 1.94. The Morgan fingerprint density at radius 3 is 2.96 bits per heavy atom. The second-order valence-corrected chi connectivity index (χ2v) is 5.23. The van der Waals surface area contributed by atoms with Gasteiger partial charge in [-0.05, 0) is 24.6 Å². The van der Waals surface area contributed by atoms with Gasteiger partial charge in [0.15, 0.2) is 0 Å². The molecule has 0 unspecified atom stereocenters. The van der Waals surface area contributed by atoms with Crippen molar-refractivity contribution in [2.75, 3.05) is 5.32 Å². The van der Waals surface area contributed by atoms with Gasteiger partial charge in [0.1, 0.15) is 6.20 Å². The molecule has 1 N–H and O–H groups in total. The Kier molecular flexibility index (Phi) is 4.19. The molecule has 0 bridgehead atoms. The molecule has 0 fully saturated rings. The van der Waals surface area contributed by atoms with Crippen molar-refractivity contribution in [3.63, 3.8) is 0 Å². The van der Waals surface area contributed by atoms with E-state index in [0.29, 0.717) is 17.8 Å². The van der Waals surface area contributed by atoms with Crippen LogP contribution in [0.1, 0.15) is 19.8 Å². The predicted octanol–water partition coefficient (Wildman–Crippen LogP) is 3.04. The van der Waals surface area contributed by atoms with Crippen LogP contribution < -0.4 is 5.32 Å². The van der Waals surface area contributed by atoms with Gasteiger partial charge >= 0.3 is 5.69 Å². The quantitative estimate of drug-likeness (QED) is 0.573. The molecule has 3 rings (SSSR count). The van der Waals surface area contributed by atoms with Crippen LogP contribution in [0.15, 0.2) is 42.7 Å². The van der Waals surface area contributed by atoms with Crippen molar-refractivity contribution >= 4 is 22.9 Å². The maximum absolute atomic E-state index is 11.7. The maximum atomic E-state index is 11.7. The summed E-state index contributed by atoms with van der Waals surface area (Å²) in [6.07, 6.45) is 3.91. The van der Waals surface area contributed by atoms with Crippen molar-refractivity contribution in [3.8, 4) is 11.3 Å². The van der Waals surface area contributed by atoms with Crippen molar-refractivity contribution in [2.45, 2.75) is 19.8 Å². The van der Waals surface area contributed by atoms with E-state index in [1.165, 1.54) is 16.9 Å². The molecular formula is C16H15N5O3. The first-order valence-electron chi connectivity index (χ1n) is 7.47. The average Bonchev–Trinajstić information content (AvgIpc) is 2.99. The van der Waals surface area contributed by atoms with Crippen LogP contribution in [-0.4, -0.2) is 25.4 Å². The molecule has 3 aromatic rings. The van der Waals surface area contributed by atoms with Crippen LogP contribution in [0.3, 0.4) is 0 Å². The minimum atomic E-state index is -0.513. The van der Waals surface area contributed by atoms with E-state index in [9.17, 15) is 14.9 Å². The van der Waals surface area contributed by atoms with Crippen LogP contribution in [0.2, 0.25) is 0 Å². The first-order chi connectivity index (χ1) is 11.6. The van der Waals surface area contributed by atoms with Crippen LogP contribution in [0, 0.1) is 10.1 Å². The summed E-state index contributed by atoms with van der Waals surface area (Å²) < 4.78 is 1.42. The van der Waals surface area contributed by atoms with Gasteiger partial charge in [0.25, 0.3) is 0 Å². The number of fused-ring (bicyclic) bond motifs is 1. The number of hydrogen-bond acceptors (Lipinski definition) is 5. The summed E-state index contributed by atoms with van der Waals surface area (Å²) in [5, 5.41) is 17.9. The highest BCUT2D eigenvalue weighted by Crippen LogP contribution is 2.26. The number of anilines is 1. The summed E-state index contributed by atoms with van der Waals surface area (Å²) in [6, 6.07) is 8.96. The largest absolute Gasteiger partial charge is 0.333 e. The number of carbonyl (C=O) groups excluding carboxylic acids is 1. The number of carbonyl (C=O) groups is 1. The van der Waals surface area contributed by atoms with Gasteiger partial charge in [-0.15, -0.1) is 0 Å². The Labute approximate surface area is 137 Å². The lowest BCUT2D eigenvalue weighted by atomic mass is 10.1. The second-order valence-electron chi connectivity index (χ2n) is 5.23. The van der Waals surface area contributed by atoms with Crippen LogP contribution in [0.5, 0.6) is 0 Å². The number of rotatable bonds is 5. The summed E-state index contributed by atoms with van der Waals surface area (Å²) in [4.78, 5) is 26.3. The Hall–Kier alpha value is -3.29. The van der Waals surface area contributed by atoms with E-state index in [2.05, 4.69) is 15.4 Å².